The van der Waals surface area contributed by atoms with E-state index < -0.39 is 0 Å². The highest BCUT2D eigenvalue weighted by molar-refractivity contribution is 5.33. The molecular formula is C15H24N2O. The molecule has 0 bridgehead atoms. The number of nitrogens with one attached hydrogen (secondary N) is 1. The molecule has 1 atom stereocenters. The predicted octanol–water partition coefficient (Wildman–Crippen LogP) is 2.65. The molecule has 100 valence electrons. The van der Waals surface area contributed by atoms with Crippen LogP contribution in [0.3, 0.4) is 0 Å². The number of hydrazine groups is 1. The molecule has 1 unspecified atom stereocenters. The largest absolute Gasteiger partial charge is 0.496 e. The minimum absolute atomic E-state index is 0.351. The van der Waals surface area contributed by atoms with E-state index in [1.54, 1.807) is 7.11 Å². The van der Waals surface area contributed by atoms with Crippen LogP contribution >= 0.6 is 0 Å². The van der Waals surface area contributed by atoms with E-state index in [4.69, 9.17) is 10.6 Å². The van der Waals surface area contributed by atoms with Crippen LogP contribution in [-0.2, 0) is 6.42 Å². The highest BCUT2D eigenvalue weighted by Crippen LogP contribution is 2.30. The van der Waals surface area contributed by atoms with Crippen molar-refractivity contribution in [2.24, 2.45) is 11.8 Å². The van der Waals surface area contributed by atoms with E-state index in [1.807, 2.05) is 12.1 Å². The first-order chi connectivity index (χ1) is 8.83. The SMILES string of the molecule is COc1ccccc1CC(CC1CCCC1)NN. The second-order valence-electron chi connectivity index (χ2n) is 5.27. The van der Waals surface area contributed by atoms with Crippen LogP contribution in [0.4, 0.5) is 0 Å². The van der Waals surface area contributed by atoms with Crippen LogP contribution in [-0.4, -0.2) is 13.2 Å². The van der Waals surface area contributed by atoms with Gasteiger partial charge in [-0.25, -0.2) is 0 Å². The van der Waals surface area contributed by atoms with Crippen LogP contribution < -0.4 is 16.0 Å². The van der Waals surface area contributed by atoms with Crippen molar-refractivity contribution in [1.29, 1.82) is 0 Å². The molecule has 0 aliphatic heterocycles. The summed E-state index contributed by atoms with van der Waals surface area (Å²) in [4.78, 5) is 0. The Morgan fingerprint density at radius 3 is 2.72 bits per heavy atom. The lowest BCUT2D eigenvalue weighted by Crippen LogP contribution is -2.38. The average Bonchev–Trinajstić information content (AvgIpc) is 2.91. The van der Waals surface area contributed by atoms with Crippen molar-refractivity contribution in [3.8, 4) is 5.75 Å². The standard InChI is InChI=1S/C15H24N2O/c1-18-15-9-5-4-8-13(15)11-14(17-16)10-12-6-2-3-7-12/h4-5,8-9,12,14,17H,2-3,6-7,10-11,16H2,1H3. The molecule has 0 radical (unpaired) electrons. The predicted molar refractivity (Wildman–Crippen MR) is 74.4 cm³/mol. The fourth-order valence-corrected chi connectivity index (χ4v) is 3.00. The van der Waals surface area contributed by atoms with Crippen molar-refractivity contribution in [3.05, 3.63) is 29.8 Å². The van der Waals surface area contributed by atoms with Gasteiger partial charge in [0.2, 0.25) is 0 Å². The molecular weight excluding hydrogens is 224 g/mol. The van der Waals surface area contributed by atoms with Gasteiger partial charge in [-0.3, -0.25) is 11.3 Å². The van der Waals surface area contributed by atoms with Gasteiger partial charge in [0.25, 0.3) is 0 Å². The lowest BCUT2D eigenvalue weighted by Gasteiger charge is -2.20. The monoisotopic (exact) mass is 248 g/mol. The summed E-state index contributed by atoms with van der Waals surface area (Å²) >= 11 is 0. The third kappa shape index (κ3) is 3.47. The first-order valence-corrected chi connectivity index (χ1v) is 6.91. The van der Waals surface area contributed by atoms with Gasteiger partial charge < -0.3 is 4.74 Å². The van der Waals surface area contributed by atoms with E-state index in [9.17, 15) is 0 Å². The van der Waals surface area contributed by atoms with Crippen LogP contribution in [0, 0.1) is 5.92 Å². The molecule has 1 aromatic rings. The maximum atomic E-state index is 5.70. The smallest absolute Gasteiger partial charge is 0.122 e. The van der Waals surface area contributed by atoms with Crippen molar-refractivity contribution in [3.63, 3.8) is 0 Å². The van der Waals surface area contributed by atoms with Gasteiger partial charge in [0.05, 0.1) is 7.11 Å². The molecule has 0 spiro atoms. The molecule has 0 aromatic heterocycles. The Balaban J connectivity index is 1.96. The number of para-hydroxylation sites is 1. The van der Waals surface area contributed by atoms with Crippen molar-refractivity contribution >= 4 is 0 Å². The maximum absolute atomic E-state index is 5.70. The number of rotatable bonds is 6. The Kier molecular flexibility index (Phi) is 5.02. The number of ether oxygens (including phenoxy) is 1. The molecule has 3 nitrogen and oxygen atoms in total. The zero-order chi connectivity index (χ0) is 12.8. The second-order valence-corrected chi connectivity index (χ2v) is 5.27. The van der Waals surface area contributed by atoms with Crippen LogP contribution in [0.15, 0.2) is 24.3 Å². The summed E-state index contributed by atoms with van der Waals surface area (Å²) < 4.78 is 5.39. The normalized spacial score (nSPS) is 17.9. The van der Waals surface area contributed by atoms with Gasteiger partial charge in [0, 0.05) is 6.04 Å². The minimum Gasteiger partial charge on any atom is -0.496 e. The van der Waals surface area contributed by atoms with Gasteiger partial charge in [0.1, 0.15) is 5.75 Å². The Labute approximate surface area is 110 Å². The molecule has 0 heterocycles. The summed E-state index contributed by atoms with van der Waals surface area (Å²) in [5.41, 5.74) is 4.21. The van der Waals surface area contributed by atoms with Gasteiger partial charge >= 0.3 is 0 Å². The molecule has 0 saturated heterocycles. The van der Waals surface area contributed by atoms with E-state index in [1.165, 1.54) is 37.7 Å². The van der Waals surface area contributed by atoms with Crippen molar-refractivity contribution in [2.45, 2.75) is 44.6 Å². The molecule has 0 amide bonds. The highest BCUT2D eigenvalue weighted by Gasteiger charge is 2.20. The van der Waals surface area contributed by atoms with E-state index in [0.717, 1.165) is 18.1 Å². The number of methoxy groups -OCH3 is 1. The van der Waals surface area contributed by atoms with Crippen LogP contribution in [0.2, 0.25) is 0 Å². The molecule has 3 N–H and O–H groups in total. The van der Waals surface area contributed by atoms with Crippen molar-refractivity contribution < 1.29 is 4.74 Å². The van der Waals surface area contributed by atoms with Crippen molar-refractivity contribution in [1.82, 2.24) is 5.43 Å². The summed E-state index contributed by atoms with van der Waals surface area (Å²) in [6.07, 6.45) is 7.62. The number of hydrogen-bond acceptors (Lipinski definition) is 3. The molecule has 3 heteroatoms. The summed E-state index contributed by atoms with van der Waals surface area (Å²) in [7, 11) is 1.72. The third-order valence-electron chi connectivity index (χ3n) is 3.99. The topological polar surface area (TPSA) is 47.3 Å². The Hall–Kier alpha value is -1.06. The van der Waals surface area contributed by atoms with Crippen LogP contribution in [0.5, 0.6) is 5.75 Å². The third-order valence-corrected chi connectivity index (χ3v) is 3.99. The van der Waals surface area contributed by atoms with Gasteiger partial charge in [-0.1, -0.05) is 43.9 Å². The van der Waals surface area contributed by atoms with E-state index in [-0.39, 0.29) is 0 Å². The van der Waals surface area contributed by atoms with Gasteiger partial charge in [-0.15, -0.1) is 0 Å². The summed E-state index contributed by atoms with van der Waals surface area (Å²) in [5.74, 6) is 7.51. The fourth-order valence-electron chi connectivity index (χ4n) is 3.00. The van der Waals surface area contributed by atoms with E-state index in [2.05, 4.69) is 17.6 Å². The lowest BCUT2D eigenvalue weighted by atomic mass is 9.94. The molecule has 1 aliphatic rings. The molecule has 2 rings (SSSR count). The van der Waals surface area contributed by atoms with Gasteiger partial charge in [0.15, 0.2) is 0 Å². The Morgan fingerprint density at radius 2 is 2.06 bits per heavy atom. The second kappa shape index (κ2) is 6.76. The number of nitrogens with two attached hydrogens (primary N) is 1. The molecule has 1 fully saturated rings. The molecule has 18 heavy (non-hydrogen) atoms. The quantitative estimate of drug-likeness (QED) is 0.601. The zero-order valence-corrected chi connectivity index (χ0v) is 11.2. The Bertz CT molecular complexity index is 361. The van der Waals surface area contributed by atoms with Crippen LogP contribution in [0.1, 0.15) is 37.7 Å². The zero-order valence-electron chi connectivity index (χ0n) is 11.2. The van der Waals surface area contributed by atoms with Gasteiger partial charge in [-0.05, 0) is 30.4 Å². The minimum atomic E-state index is 0.351. The Morgan fingerprint density at radius 1 is 1.33 bits per heavy atom. The molecule has 1 aliphatic carbocycles. The average molecular weight is 248 g/mol. The fraction of sp³-hybridized carbons (Fsp3) is 0.600. The number of benzene rings is 1. The summed E-state index contributed by atoms with van der Waals surface area (Å²) in [6.45, 7) is 0. The van der Waals surface area contributed by atoms with Crippen molar-refractivity contribution in [2.75, 3.05) is 7.11 Å². The first-order valence-electron chi connectivity index (χ1n) is 6.91. The molecule has 1 aromatic carbocycles. The summed E-state index contributed by atoms with van der Waals surface area (Å²) in [6, 6.07) is 8.55. The highest BCUT2D eigenvalue weighted by atomic mass is 16.5. The lowest BCUT2D eigenvalue weighted by molar-refractivity contribution is 0.376. The van der Waals surface area contributed by atoms with E-state index >= 15 is 0 Å². The van der Waals surface area contributed by atoms with Crippen LogP contribution in [0.25, 0.3) is 0 Å². The molecule has 1 saturated carbocycles. The number of hydrogen-bond donors (Lipinski definition) is 2. The maximum Gasteiger partial charge on any atom is 0.122 e. The van der Waals surface area contributed by atoms with E-state index in [0.29, 0.717) is 6.04 Å². The van der Waals surface area contributed by atoms with Gasteiger partial charge in [-0.2, -0.15) is 0 Å². The first kappa shape index (κ1) is 13.4. The summed E-state index contributed by atoms with van der Waals surface area (Å²) in [5, 5.41) is 0.